The molecule has 0 aliphatic heterocycles. The summed E-state index contributed by atoms with van der Waals surface area (Å²) >= 11 is 4.89. The molecule has 0 saturated heterocycles. The van der Waals surface area contributed by atoms with E-state index in [0.29, 0.717) is 21.9 Å². The number of ether oxygens (including phenoxy) is 1. The Morgan fingerprint density at radius 3 is 2.91 bits per heavy atom. The van der Waals surface area contributed by atoms with Crippen molar-refractivity contribution in [3.8, 4) is 11.8 Å². The van der Waals surface area contributed by atoms with Crippen molar-refractivity contribution in [2.75, 3.05) is 12.4 Å². The molecule has 1 heterocycles. The molecule has 1 amide bonds. The van der Waals surface area contributed by atoms with Gasteiger partial charge in [-0.1, -0.05) is 15.9 Å². The van der Waals surface area contributed by atoms with E-state index in [1.807, 2.05) is 6.07 Å². The average molecular weight is 391 g/mol. The molecule has 1 aromatic heterocycles. The topological polar surface area (TPSA) is 62.1 Å². The maximum atomic E-state index is 12.6. The van der Waals surface area contributed by atoms with Crippen LogP contribution in [0.3, 0.4) is 0 Å². The van der Waals surface area contributed by atoms with Crippen LogP contribution in [-0.2, 0) is 12.8 Å². The number of rotatable bonds is 3. The third kappa shape index (κ3) is 3.12. The number of aryl methyl sites for hydroxylation is 1. The molecule has 3 rings (SSSR count). The molecular weight excluding hydrogens is 376 g/mol. The number of carbonyl (C=O) groups excluding carboxylic acids is 1. The van der Waals surface area contributed by atoms with Crippen LogP contribution in [0, 0.1) is 11.3 Å². The molecule has 1 aromatic carbocycles. The van der Waals surface area contributed by atoms with Crippen LogP contribution >= 0.6 is 27.3 Å². The molecule has 0 fully saturated rings. The van der Waals surface area contributed by atoms with E-state index in [2.05, 4.69) is 27.3 Å². The average Bonchev–Trinajstić information content (AvgIpc) is 2.91. The zero-order valence-corrected chi connectivity index (χ0v) is 15.0. The van der Waals surface area contributed by atoms with Gasteiger partial charge in [-0.15, -0.1) is 11.3 Å². The van der Waals surface area contributed by atoms with Gasteiger partial charge in [-0.2, -0.15) is 5.26 Å². The molecule has 0 spiro atoms. The highest BCUT2D eigenvalue weighted by Gasteiger charge is 2.23. The van der Waals surface area contributed by atoms with Crippen LogP contribution in [0.2, 0.25) is 0 Å². The molecule has 4 nitrogen and oxygen atoms in total. The van der Waals surface area contributed by atoms with Crippen molar-refractivity contribution in [3.05, 3.63) is 44.2 Å². The predicted octanol–water partition coefficient (Wildman–Crippen LogP) is 4.52. The lowest BCUT2D eigenvalue weighted by molar-refractivity contribution is 0.102. The number of nitrogens with one attached hydrogen (secondary N) is 1. The largest absolute Gasteiger partial charge is 0.496 e. The second-order valence-electron chi connectivity index (χ2n) is 5.33. The minimum atomic E-state index is -0.266. The Morgan fingerprint density at radius 1 is 1.39 bits per heavy atom. The van der Waals surface area contributed by atoms with Gasteiger partial charge in [-0.3, -0.25) is 4.79 Å². The van der Waals surface area contributed by atoms with Gasteiger partial charge >= 0.3 is 0 Å². The summed E-state index contributed by atoms with van der Waals surface area (Å²) < 4.78 is 6.05. The number of hydrogen-bond acceptors (Lipinski definition) is 4. The van der Waals surface area contributed by atoms with E-state index in [1.54, 1.807) is 12.1 Å². The van der Waals surface area contributed by atoms with E-state index >= 15 is 0 Å². The van der Waals surface area contributed by atoms with Crippen molar-refractivity contribution >= 4 is 38.2 Å². The third-order valence-electron chi connectivity index (χ3n) is 3.92. The molecule has 0 saturated carbocycles. The minimum Gasteiger partial charge on any atom is -0.496 e. The summed E-state index contributed by atoms with van der Waals surface area (Å²) in [4.78, 5) is 13.8. The Labute approximate surface area is 147 Å². The van der Waals surface area contributed by atoms with Gasteiger partial charge in [-0.25, -0.2) is 0 Å². The fraction of sp³-hybridized carbons (Fsp3) is 0.294. The van der Waals surface area contributed by atoms with E-state index in [0.717, 1.165) is 35.7 Å². The molecule has 1 aliphatic carbocycles. The number of methoxy groups -OCH3 is 1. The number of fused-ring (bicyclic) bond motifs is 1. The first-order chi connectivity index (χ1) is 11.1. The lowest BCUT2D eigenvalue weighted by Crippen LogP contribution is -2.13. The Bertz CT molecular complexity index is 808. The van der Waals surface area contributed by atoms with Crippen LogP contribution in [0.4, 0.5) is 5.00 Å². The minimum absolute atomic E-state index is 0.266. The molecule has 0 atom stereocenters. The summed E-state index contributed by atoms with van der Waals surface area (Å²) in [6.07, 6.45) is 4.16. The number of carbonyl (C=O) groups is 1. The third-order valence-corrected chi connectivity index (χ3v) is 5.62. The number of nitrogens with zero attached hydrogens (tertiary/aromatic N) is 1. The van der Waals surface area contributed by atoms with Gasteiger partial charge in [0.2, 0.25) is 0 Å². The standard InChI is InChI=1S/C17H15BrN2O2S/c1-22-14-7-6-10(18)8-12(14)16(21)20-17-13(9-19)11-4-2-3-5-15(11)23-17/h6-8H,2-5H2,1H3,(H,20,21). The van der Waals surface area contributed by atoms with Crippen molar-refractivity contribution in [2.24, 2.45) is 0 Å². The van der Waals surface area contributed by atoms with E-state index in [1.165, 1.54) is 23.3 Å². The zero-order valence-electron chi connectivity index (χ0n) is 12.6. The molecule has 0 unspecified atom stereocenters. The van der Waals surface area contributed by atoms with Crippen LogP contribution < -0.4 is 10.1 Å². The summed E-state index contributed by atoms with van der Waals surface area (Å²) in [6, 6.07) is 7.53. The second kappa shape index (κ2) is 6.73. The normalized spacial score (nSPS) is 13.1. The number of amides is 1. The van der Waals surface area contributed by atoms with Gasteiger partial charge in [0, 0.05) is 9.35 Å². The molecule has 0 bridgehead atoms. The first kappa shape index (κ1) is 16.0. The van der Waals surface area contributed by atoms with Gasteiger partial charge in [0.25, 0.3) is 5.91 Å². The Kier molecular flexibility index (Phi) is 4.69. The molecule has 1 N–H and O–H groups in total. The number of hydrogen-bond donors (Lipinski definition) is 1. The smallest absolute Gasteiger partial charge is 0.260 e. The fourth-order valence-corrected chi connectivity index (χ4v) is 4.40. The van der Waals surface area contributed by atoms with E-state index in [9.17, 15) is 10.1 Å². The summed E-state index contributed by atoms with van der Waals surface area (Å²) in [5.74, 6) is 0.240. The van der Waals surface area contributed by atoms with Gasteiger partial charge in [0.15, 0.2) is 0 Å². The second-order valence-corrected chi connectivity index (χ2v) is 7.35. The maximum Gasteiger partial charge on any atom is 0.260 e. The summed E-state index contributed by atoms with van der Waals surface area (Å²) in [5, 5.41) is 13.0. The van der Waals surface area contributed by atoms with E-state index in [4.69, 9.17) is 4.74 Å². The lowest BCUT2D eigenvalue weighted by atomic mass is 9.96. The van der Waals surface area contributed by atoms with Gasteiger partial charge in [-0.05, 0) is 49.4 Å². The van der Waals surface area contributed by atoms with Crippen LogP contribution in [0.15, 0.2) is 22.7 Å². The molecule has 1 aliphatic rings. The molecule has 0 radical (unpaired) electrons. The highest BCUT2D eigenvalue weighted by Crippen LogP contribution is 2.38. The van der Waals surface area contributed by atoms with Crippen LogP contribution in [0.1, 0.15) is 39.2 Å². The lowest BCUT2D eigenvalue weighted by Gasteiger charge is -2.10. The summed E-state index contributed by atoms with van der Waals surface area (Å²) in [5.41, 5.74) is 2.17. The first-order valence-corrected chi connectivity index (χ1v) is 8.94. The van der Waals surface area contributed by atoms with Crippen molar-refractivity contribution in [1.82, 2.24) is 0 Å². The molecular formula is C17H15BrN2O2S. The number of halogens is 1. The quantitative estimate of drug-likeness (QED) is 0.837. The molecule has 118 valence electrons. The number of thiophene rings is 1. The van der Waals surface area contributed by atoms with Gasteiger partial charge < -0.3 is 10.1 Å². The van der Waals surface area contributed by atoms with E-state index in [-0.39, 0.29) is 5.91 Å². The fourth-order valence-electron chi connectivity index (χ4n) is 2.80. The molecule has 23 heavy (non-hydrogen) atoms. The summed E-state index contributed by atoms with van der Waals surface area (Å²) in [7, 11) is 1.53. The van der Waals surface area contributed by atoms with Crippen molar-refractivity contribution in [2.45, 2.75) is 25.7 Å². The monoisotopic (exact) mass is 390 g/mol. The Morgan fingerprint density at radius 2 is 2.17 bits per heavy atom. The van der Waals surface area contributed by atoms with Crippen molar-refractivity contribution in [3.63, 3.8) is 0 Å². The first-order valence-electron chi connectivity index (χ1n) is 7.33. The zero-order chi connectivity index (χ0) is 16.4. The number of nitriles is 1. The van der Waals surface area contributed by atoms with Crippen LogP contribution in [0.5, 0.6) is 5.75 Å². The Hall–Kier alpha value is -1.84. The Balaban J connectivity index is 1.94. The maximum absolute atomic E-state index is 12.6. The van der Waals surface area contributed by atoms with Gasteiger partial charge in [0.05, 0.1) is 18.2 Å². The summed E-state index contributed by atoms with van der Waals surface area (Å²) in [6.45, 7) is 0. The molecule has 2 aromatic rings. The predicted molar refractivity (Wildman–Crippen MR) is 94.3 cm³/mol. The van der Waals surface area contributed by atoms with Crippen molar-refractivity contribution < 1.29 is 9.53 Å². The van der Waals surface area contributed by atoms with Crippen molar-refractivity contribution in [1.29, 1.82) is 5.26 Å². The molecule has 6 heteroatoms. The van der Waals surface area contributed by atoms with Crippen LogP contribution in [-0.4, -0.2) is 13.0 Å². The number of benzene rings is 1. The van der Waals surface area contributed by atoms with Crippen LogP contribution in [0.25, 0.3) is 0 Å². The number of anilines is 1. The van der Waals surface area contributed by atoms with Gasteiger partial charge in [0.1, 0.15) is 16.8 Å². The highest BCUT2D eigenvalue weighted by atomic mass is 79.9. The SMILES string of the molecule is COc1ccc(Br)cc1C(=O)Nc1sc2c(c1C#N)CCCC2. The van der Waals surface area contributed by atoms with E-state index < -0.39 is 0 Å². The highest BCUT2D eigenvalue weighted by molar-refractivity contribution is 9.10.